The topological polar surface area (TPSA) is 64.1 Å². The Morgan fingerprint density at radius 3 is 2.66 bits per heavy atom. The third-order valence-corrected chi connectivity index (χ3v) is 5.02. The maximum absolute atomic E-state index is 11.0. The Morgan fingerprint density at radius 1 is 1.00 bits per heavy atom. The first-order valence-electron chi connectivity index (χ1n) is 9.73. The van der Waals surface area contributed by atoms with Crippen molar-refractivity contribution >= 4 is 28.1 Å². The molecule has 0 aliphatic carbocycles. The molecule has 0 aliphatic rings. The minimum Gasteiger partial charge on any atom is -0.493 e. The highest BCUT2D eigenvalue weighted by atomic mass is 16.5. The molecule has 146 valence electrons. The number of benzene rings is 2. The summed E-state index contributed by atoms with van der Waals surface area (Å²) in [5.41, 5.74) is 3.97. The monoisotopic (exact) mass is 385 g/mol. The third-order valence-electron chi connectivity index (χ3n) is 5.02. The summed E-state index contributed by atoms with van der Waals surface area (Å²) in [7, 11) is 1.88. The van der Waals surface area contributed by atoms with Gasteiger partial charge < -0.3 is 14.8 Å². The van der Waals surface area contributed by atoms with Crippen molar-refractivity contribution in [2.45, 2.75) is 6.42 Å². The van der Waals surface area contributed by atoms with Crippen LogP contribution in [-0.4, -0.2) is 36.5 Å². The minimum atomic E-state index is 0.125. The molecule has 0 amide bonds. The number of hydrogen-bond donors (Lipinski definition) is 1. The molecular formula is C24H23N3O2. The summed E-state index contributed by atoms with van der Waals surface area (Å²) in [6.45, 7) is 1.20. The number of hydrogen-bond acceptors (Lipinski definition) is 5. The normalized spacial score (nSPS) is 12.2. The van der Waals surface area contributed by atoms with Gasteiger partial charge in [0, 0.05) is 42.0 Å². The Hall–Kier alpha value is -3.31. The second-order valence-electron chi connectivity index (χ2n) is 7.09. The van der Waals surface area contributed by atoms with Crippen LogP contribution in [0.15, 0.2) is 67.0 Å². The molecule has 5 heteroatoms. The van der Waals surface area contributed by atoms with Crippen molar-refractivity contribution < 1.29 is 9.53 Å². The second kappa shape index (κ2) is 8.80. The van der Waals surface area contributed by atoms with Gasteiger partial charge in [0.15, 0.2) is 0 Å². The lowest BCUT2D eigenvalue weighted by atomic mass is 10.0. The van der Waals surface area contributed by atoms with Crippen LogP contribution >= 0.6 is 0 Å². The quantitative estimate of drug-likeness (QED) is 0.459. The summed E-state index contributed by atoms with van der Waals surface area (Å²) in [5.74, 6) is 0.906. The molecule has 0 saturated heterocycles. The number of nitrogens with zero attached hydrogens (tertiary/aromatic N) is 2. The van der Waals surface area contributed by atoms with E-state index < -0.39 is 0 Å². The first kappa shape index (κ1) is 19.0. The van der Waals surface area contributed by atoms with E-state index in [0.29, 0.717) is 13.0 Å². The van der Waals surface area contributed by atoms with Gasteiger partial charge in [0.25, 0.3) is 0 Å². The van der Waals surface area contributed by atoms with Gasteiger partial charge in [-0.3, -0.25) is 9.97 Å². The second-order valence-corrected chi connectivity index (χ2v) is 7.09. The van der Waals surface area contributed by atoms with Gasteiger partial charge in [-0.05, 0) is 60.6 Å². The maximum Gasteiger partial charge on any atom is 0.129 e. The summed E-state index contributed by atoms with van der Waals surface area (Å²) in [6, 6.07) is 18.3. The van der Waals surface area contributed by atoms with E-state index in [-0.39, 0.29) is 5.92 Å². The number of ether oxygens (including phenoxy) is 1. The van der Waals surface area contributed by atoms with Gasteiger partial charge in [0.1, 0.15) is 12.0 Å². The number of carbonyl (C=O) groups is 1. The predicted octanol–water partition coefficient (Wildman–Crippen LogP) is 4.25. The third kappa shape index (κ3) is 4.25. The zero-order valence-corrected chi connectivity index (χ0v) is 16.3. The molecule has 0 aliphatic heterocycles. The summed E-state index contributed by atoms with van der Waals surface area (Å²) in [5, 5.41) is 5.18. The fourth-order valence-electron chi connectivity index (χ4n) is 3.53. The molecule has 4 aromatic rings. The van der Waals surface area contributed by atoms with E-state index in [1.54, 1.807) is 12.4 Å². The number of aldehydes is 1. The summed E-state index contributed by atoms with van der Waals surface area (Å²) in [4.78, 5) is 19.9. The van der Waals surface area contributed by atoms with E-state index in [2.05, 4.69) is 45.6 Å². The molecular weight excluding hydrogens is 362 g/mol. The molecule has 0 saturated carbocycles. The molecule has 4 rings (SSSR count). The molecule has 1 N–H and O–H groups in total. The molecule has 0 bridgehead atoms. The molecule has 5 nitrogen and oxygen atoms in total. The van der Waals surface area contributed by atoms with Crippen LogP contribution in [0.1, 0.15) is 6.42 Å². The van der Waals surface area contributed by atoms with Crippen molar-refractivity contribution in [2.75, 3.05) is 20.2 Å². The predicted molar refractivity (Wildman–Crippen MR) is 116 cm³/mol. The Bertz CT molecular complexity index is 1140. The number of rotatable bonds is 8. The van der Waals surface area contributed by atoms with E-state index in [1.165, 1.54) is 0 Å². The fraction of sp³-hybridized carbons (Fsp3) is 0.208. The van der Waals surface area contributed by atoms with Crippen LogP contribution in [0, 0.1) is 5.92 Å². The molecule has 1 unspecified atom stereocenters. The van der Waals surface area contributed by atoms with Gasteiger partial charge in [-0.2, -0.15) is 0 Å². The van der Waals surface area contributed by atoms with Crippen LogP contribution in [0.25, 0.3) is 32.9 Å². The number of aromatic nitrogens is 2. The fourth-order valence-corrected chi connectivity index (χ4v) is 3.53. The van der Waals surface area contributed by atoms with Crippen molar-refractivity contribution in [1.82, 2.24) is 15.3 Å². The standard InChI is InChI=1S/C24H23N3O2/c1-25-15-17(8-11-28)16-29-24-14-20(13-23-21(24)5-3-10-27-23)18-6-7-22-19(12-18)4-2-9-26-22/h2-7,9-14,17,25H,8,15-16H2,1H3. The Balaban J connectivity index is 1.72. The van der Waals surface area contributed by atoms with Crippen LogP contribution in [0.5, 0.6) is 5.75 Å². The largest absolute Gasteiger partial charge is 0.493 e. The van der Waals surface area contributed by atoms with Crippen LogP contribution in [0.4, 0.5) is 0 Å². The van der Waals surface area contributed by atoms with Crippen molar-refractivity contribution in [2.24, 2.45) is 5.92 Å². The molecule has 2 aromatic carbocycles. The summed E-state index contributed by atoms with van der Waals surface area (Å²) < 4.78 is 6.18. The lowest BCUT2D eigenvalue weighted by molar-refractivity contribution is -0.108. The van der Waals surface area contributed by atoms with E-state index in [4.69, 9.17) is 4.74 Å². The number of fused-ring (bicyclic) bond motifs is 2. The zero-order chi connectivity index (χ0) is 20.1. The van der Waals surface area contributed by atoms with Crippen molar-refractivity contribution in [3.63, 3.8) is 0 Å². The summed E-state index contributed by atoms with van der Waals surface area (Å²) >= 11 is 0. The number of pyridine rings is 2. The highest BCUT2D eigenvalue weighted by Crippen LogP contribution is 2.33. The molecule has 0 spiro atoms. The van der Waals surface area contributed by atoms with Crippen molar-refractivity contribution in [3.05, 3.63) is 67.0 Å². The highest BCUT2D eigenvalue weighted by molar-refractivity contribution is 5.92. The number of nitrogens with one attached hydrogen (secondary N) is 1. The Labute approximate surface area is 169 Å². The molecule has 2 heterocycles. The van der Waals surface area contributed by atoms with E-state index in [9.17, 15) is 4.79 Å². The van der Waals surface area contributed by atoms with Gasteiger partial charge in [-0.15, -0.1) is 0 Å². The molecule has 1 atom stereocenters. The smallest absolute Gasteiger partial charge is 0.129 e. The lowest BCUT2D eigenvalue weighted by Gasteiger charge is -2.17. The van der Waals surface area contributed by atoms with Crippen LogP contribution in [0.2, 0.25) is 0 Å². The molecule has 0 fully saturated rings. The first-order chi connectivity index (χ1) is 14.3. The van der Waals surface area contributed by atoms with Gasteiger partial charge in [0.05, 0.1) is 17.6 Å². The zero-order valence-electron chi connectivity index (χ0n) is 16.3. The van der Waals surface area contributed by atoms with E-state index in [0.717, 1.165) is 51.5 Å². The Morgan fingerprint density at radius 2 is 1.83 bits per heavy atom. The first-order valence-corrected chi connectivity index (χ1v) is 9.73. The SMILES string of the molecule is CNCC(CC=O)COc1cc(-c2ccc3ncccc3c2)cc2ncccc12. The van der Waals surface area contributed by atoms with Gasteiger partial charge in [-0.1, -0.05) is 12.1 Å². The average molecular weight is 385 g/mol. The van der Waals surface area contributed by atoms with E-state index in [1.807, 2.05) is 31.3 Å². The van der Waals surface area contributed by atoms with Crippen LogP contribution in [-0.2, 0) is 4.79 Å². The lowest BCUT2D eigenvalue weighted by Crippen LogP contribution is -2.24. The van der Waals surface area contributed by atoms with Crippen LogP contribution < -0.4 is 10.1 Å². The molecule has 29 heavy (non-hydrogen) atoms. The van der Waals surface area contributed by atoms with Crippen molar-refractivity contribution in [1.29, 1.82) is 0 Å². The van der Waals surface area contributed by atoms with Gasteiger partial charge in [0.2, 0.25) is 0 Å². The minimum absolute atomic E-state index is 0.125. The van der Waals surface area contributed by atoms with E-state index >= 15 is 0 Å². The highest BCUT2D eigenvalue weighted by Gasteiger charge is 2.12. The number of carbonyl (C=O) groups excluding carboxylic acids is 1. The van der Waals surface area contributed by atoms with Gasteiger partial charge >= 0.3 is 0 Å². The Kier molecular flexibility index (Phi) is 5.77. The van der Waals surface area contributed by atoms with Gasteiger partial charge in [-0.25, -0.2) is 0 Å². The molecule has 0 radical (unpaired) electrons. The maximum atomic E-state index is 11.0. The van der Waals surface area contributed by atoms with Crippen LogP contribution in [0.3, 0.4) is 0 Å². The van der Waals surface area contributed by atoms with Crippen molar-refractivity contribution in [3.8, 4) is 16.9 Å². The summed E-state index contributed by atoms with van der Waals surface area (Å²) in [6.07, 6.45) is 5.00. The average Bonchev–Trinajstić information content (AvgIpc) is 2.77. The molecule has 2 aromatic heterocycles.